The molecular weight excluding hydrogens is 924 g/mol. The molecule has 73 heavy (non-hydrogen) atoms. The number of aliphatic hydroxyl groups excluding tert-OH is 1. The van der Waals surface area contributed by atoms with Crippen molar-refractivity contribution in [2.75, 3.05) is 40.9 Å². The molecule has 1 amide bonds. The first-order valence-electron chi connectivity index (χ1n) is 31.5. The minimum absolute atomic E-state index is 0.0140. The molecule has 0 saturated carbocycles. The molecule has 9 heteroatoms. The molecule has 0 saturated heterocycles. The lowest BCUT2D eigenvalue weighted by Gasteiger charge is -2.30. The van der Waals surface area contributed by atoms with Crippen LogP contribution in [0.25, 0.3) is 0 Å². The van der Waals surface area contributed by atoms with Gasteiger partial charge in [-0.3, -0.25) is 9.36 Å². The lowest BCUT2D eigenvalue weighted by atomic mass is 10.0. The molecule has 2 N–H and O–H groups in total. The van der Waals surface area contributed by atoms with Gasteiger partial charge in [0.15, 0.2) is 0 Å². The molecule has 0 aliphatic rings. The van der Waals surface area contributed by atoms with Crippen LogP contribution in [0.3, 0.4) is 0 Å². The average molecular weight is 1050 g/mol. The topological polar surface area (TPSA) is 108 Å². The number of rotatable bonds is 58. The molecule has 0 rings (SSSR count). The Bertz CT molecular complexity index is 1330. The van der Waals surface area contributed by atoms with Crippen LogP contribution < -0.4 is 10.2 Å². The van der Waals surface area contributed by atoms with Gasteiger partial charge in [0, 0.05) is 6.42 Å². The second kappa shape index (κ2) is 55.2. The van der Waals surface area contributed by atoms with Gasteiger partial charge in [0.1, 0.15) is 13.2 Å². The van der Waals surface area contributed by atoms with Crippen LogP contribution in [0.5, 0.6) is 0 Å². The minimum Gasteiger partial charge on any atom is -0.756 e. The van der Waals surface area contributed by atoms with Gasteiger partial charge in [-0.25, -0.2) is 0 Å². The van der Waals surface area contributed by atoms with Gasteiger partial charge >= 0.3 is 0 Å². The summed E-state index contributed by atoms with van der Waals surface area (Å²) in [5, 5.41) is 13.9. The summed E-state index contributed by atoms with van der Waals surface area (Å²) in [7, 11) is 1.32. The molecule has 0 radical (unpaired) electrons. The standard InChI is InChI=1S/C64H123N2O6P/c1-6-8-10-12-14-16-18-19-20-21-22-23-24-25-26-27-28-29-30-31-32-33-34-35-36-37-38-39-40-41-42-43-44-45-46-47-48-50-52-54-56-58-64(68)65-62(61-72-73(69,70)71-60-59-66(3,4)5)63(67)57-55-53-51-49-17-15-13-11-9-7-2/h8,10,14,16,19-20,22-23,62-63,67H,6-7,9,11-13,15,17-18,21,24-61H2,1-5H3,(H-,65,68,69,70)/b10-8-,16-14-,20-19-,23-22-. The number of unbranched alkanes of at least 4 members (excludes halogenated alkanes) is 37. The molecule has 0 spiro atoms. The van der Waals surface area contributed by atoms with E-state index in [1.54, 1.807) is 0 Å². The third-order valence-electron chi connectivity index (χ3n) is 14.3. The second-order valence-corrected chi connectivity index (χ2v) is 24.2. The second-order valence-electron chi connectivity index (χ2n) is 22.7. The summed E-state index contributed by atoms with van der Waals surface area (Å²) in [5.41, 5.74) is 0. The molecule has 3 atom stereocenters. The highest BCUT2D eigenvalue weighted by Crippen LogP contribution is 2.38. The summed E-state index contributed by atoms with van der Waals surface area (Å²) in [6, 6.07) is -0.796. The fourth-order valence-corrected chi connectivity index (χ4v) is 10.2. The van der Waals surface area contributed by atoms with E-state index in [2.05, 4.69) is 67.8 Å². The van der Waals surface area contributed by atoms with Crippen LogP contribution in [0.4, 0.5) is 0 Å². The number of quaternary nitrogens is 1. The lowest BCUT2D eigenvalue weighted by molar-refractivity contribution is -0.870. The van der Waals surface area contributed by atoms with Crippen molar-refractivity contribution in [1.82, 2.24) is 5.32 Å². The maximum atomic E-state index is 12.9. The van der Waals surface area contributed by atoms with Crippen molar-refractivity contribution in [3.8, 4) is 0 Å². The molecule has 8 nitrogen and oxygen atoms in total. The molecule has 0 aromatic heterocycles. The van der Waals surface area contributed by atoms with Gasteiger partial charge in [-0.1, -0.05) is 294 Å². The summed E-state index contributed by atoms with van der Waals surface area (Å²) >= 11 is 0. The van der Waals surface area contributed by atoms with Crippen molar-refractivity contribution < 1.29 is 32.9 Å². The van der Waals surface area contributed by atoms with Crippen LogP contribution in [0, 0.1) is 0 Å². The fraction of sp³-hybridized carbons (Fsp3) is 0.859. The van der Waals surface area contributed by atoms with Crippen LogP contribution in [-0.2, 0) is 18.4 Å². The Labute approximate surface area is 454 Å². The van der Waals surface area contributed by atoms with Gasteiger partial charge in [-0.05, 0) is 51.4 Å². The first-order valence-corrected chi connectivity index (χ1v) is 32.9. The Hall–Kier alpha value is -1.54. The van der Waals surface area contributed by atoms with Gasteiger partial charge in [-0.2, -0.15) is 0 Å². The normalized spacial score (nSPS) is 14.1. The van der Waals surface area contributed by atoms with Crippen molar-refractivity contribution in [2.24, 2.45) is 0 Å². The molecule has 0 aromatic carbocycles. The number of hydrogen-bond acceptors (Lipinski definition) is 6. The highest BCUT2D eigenvalue weighted by atomic mass is 31.2. The number of nitrogens with one attached hydrogen (secondary N) is 1. The van der Waals surface area contributed by atoms with Gasteiger partial charge < -0.3 is 28.8 Å². The van der Waals surface area contributed by atoms with Gasteiger partial charge in [0.05, 0.1) is 39.9 Å². The van der Waals surface area contributed by atoms with Crippen molar-refractivity contribution in [3.63, 3.8) is 0 Å². The third kappa shape index (κ3) is 58.0. The Balaban J connectivity index is 3.76. The molecule has 430 valence electrons. The largest absolute Gasteiger partial charge is 0.756 e. The van der Waals surface area contributed by atoms with Crippen molar-refractivity contribution in [2.45, 2.75) is 315 Å². The zero-order chi connectivity index (χ0) is 53.5. The number of phosphoric ester groups is 1. The van der Waals surface area contributed by atoms with Gasteiger partial charge in [0.25, 0.3) is 7.82 Å². The lowest BCUT2D eigenvalue weighted by Crippen LogP contribution is -2.46. The molecular formula is C64H123N2O6P. The predicted molar refractivity (Wildman–Crippen MR) is 316 cm³/mol. The zero-order valence-corrected chi connectivity index (χ0v) is 50.0. The predicted octanol–water partition coefficient (Wildman–Crippen LogP) is 18.9. The number of allylic oxidation sites excluding steroid dienone is 8. The summed E-state index contributed by atoms with van der Waals surface area (Å²) < 4.78 is 23.3. The highest BCUT2D eigenvalue weighted by Gasteiger charge is 2.24. The minimum atomic E-state index is -4.56. The van der Waals surface area contributed by atoms with Crippen LogP contribution in [0.2, 0.25) is 0 Å². The zero-order valence-electron chi connectivity index (χ0n) is 49.1. The number of hydrogen-bond donors (Lipinski definition) is 2. The Morgan fingerprint density at radius 2 is 0.836 bits per heavy atom. The molecule has 0 aliphatic heterocycles. The number of nitrogens with zero attached hydrogens (tertiary/aromatic N) is 1. The molecule has 0 bridgehead atoms. The molecule has 0 fully saturated rings. The van der Waals surface area contributed by atoms with Crippen molar-refractivity contribution in [1.29, 1.82) is 0 Å². The summed E-state index contributed by atoms with van der Waals surface area (Å²) in [6.07, 6.45) is 73.4. The Kier molecular flexibility index (Phi) is 54.1. The average Bonchev–Trinajstić information content (AvgIpc) is 3.35. The van der Waals surface area contributed by atoms with E-state index in [1.807, 2.05) is 21.1 Å². The number of amides is 1. The summed E-state index contributed by atoms with van der Waals surface area (Å²) in [6.45, 7) is 4.61. The summed E-state index contributed by atoms with van der Waals surface area (Å²) in [4.78, 5) is 25.4. The first kappa shape index (κ1) is 71.5. The van der Waals surface area contributed by atoms with Crippen LogP contribution in [0.1, 0.15) is 303 Å². The maximum absolute atomic E-state index is 12.9. The molecule has 3 unspecified atom stereocenters. The monoisotopic (exact) mass is 1050 g/mol. The fourth-order valence-electron chi connectivity index (χ4n) is 9.45. The van der Waals surface area contributed by atoms with E-state index in [0.717, 1.165) is 64.2 Å². The number of carbonyl (C=O) groups excluding carboxylic acids is 1. The molecule has 0 heterocycles. The van der Waals surface area contributed by atoms with Crippen molar-refractivity contribution >= 4 is 13.7 Å². The van der Waals surface area contributed by atoms with E-state index in [1.165, 1.54) is 212 Å². The van der Waals surface area contributed by atoms with Crippen LogP contribution in [-0.4, -0.2) is 68.5 Å². The first-order chi connectivity index (χ1) is 35.5. The number of aliphatic hydroxyl groups is 1. The Morgan fingerprint density at radius 1 is 0.493 bits per heavy atom. The third-order valence-corrected chi connectivity index (χ3v) is 15.3. The Morgan fingerprint density at radius 3 is 1.22 bits per heavy atom. The van der Waals surface area contributed by atoms with E-state index in [4.69, 9.17) is 9.05 Å². The maximum Gasteiger partial charge on any atom is 0.268 e. The number of carbonyl (C=O) groups is 1. The van der Waals surface area contributed by atoms with Crippen LogP contribution >= 0.6 is 7.82 Å². The van der Waals surface area contributed by atoms with E-state index in [9.17, 15) is 19.4 Å². The highest BCUT2D eigenvalue weighted by molar-refractivity contribution is 7.45. The molecule has 0 aliphatic carbocycles. The smallest absolute Gasteiger partial charge is 0.268 e. The van der Waals surface area contributed by atoms with E-state index < -0.39 is 20.0 Å². The van der Waals surface area contributed by atoms with Crippen LogP contribution in [0.15, 0.2) is 48.6 Å². The SMILES string of the molecule is CC/C=C\C/C=C\C/C=C\C/C=C\CCCCCCCCCCCCCCCCCCCCCCCCCCCCCCC(=O)NC(COP(=O)([O-])OCC[N+](C)(C)C)C(O)CCCCCCCCCCCC. The molecule has 0 aromatic rings. The van der Waals surface area contributed by atoms with E-state index in [0.29, 0.717) is 23.9 Å². The van der Waals surface area contributed by atoms with E-state index in [-0.39, 0.29) is 19.1 Å². The van der Waals surface area contributed by atoms with Crippen molar-refractivity contribution in [3.05, 3.63) is 48.6 Å². The summed E-state index contributed by atoms with van der Waals surface area (Å²) in [5.74, 6) is -0.161. The number of likely N-dealkylation sites (N-methyl/N-ethyl adjacent to an activating group) is 1. The van der Waals surface area contributed by atoms with E-state index >= 15 is 0 Å². The van der Waals surface area contributed by atoms with Gasteiger partial charge in [0.2, 0.25) is 5.91 Å². The quantitative estimate of drug-likeness (QED) is 0.0272. The van der Waals surface area contributed by atoms with Gasteiger partial charge in [-0.15, -0.1) is 0 Å². The number of phosphoric acid groups is 1.